The molecule has 0 aliphatic carbocycles. The van der Waals surface area contributed by atoms with E-state index in [1.807, 2.05) is 24.3 Å². The lowest BCUT2D eigenvalue weighted by Crippen LogP contribution is -2.49. The van der Waals surface area contributed by atoms with Crippen molar-refractivity contribution in [3.05, 3.63) is 100 Å². The molecule has 8 heteroatoms. The Kier molecular flexibility index (Phi) is 7.27. The molecule has 0 spiro atoms. The van der Waals surface area contributed by atoms with E-state index in [4.69, 9.17) is 16.3 Å². The summed E-state index contributed by atoms with van der Waals surface area (Å²) in [4.78, 5) is 51.8. The van der Waals surface area contributed by atoms with Gasteiger partial charge in [-0.15, -0.1) is 0 Å². The third-order valence-electron chi connectivity index (χ3n) is 5.78. The summed E-state index contributed by atoms with van der Waals surface area (Å²) in [5, 5.41) is 2.90. The standard InChI is InChI=1S/C27H23ClN2O5/c1-17(31)18-9-6-10-21(13-18)29-25(32)16-35-27(34)24-14-19-7-2-3-8-20(19)15-30(24)26(33)22-11-4-5-12-23(22)28/h2-13,24H,14-16H2,1H3,(H,29,32). The SMILES string of the molecule is CC(=O)c1cccc(NC(=O)COC(=O)C2Cc3ccccc3CN2C(=O)c2ccccc2Cl)c1. The molecule has 3 aromatic carbocycles. The van der Waals surface area contributed by atoms with Crippen LogP contribution in [-0.4, -0.2) is 41.1 Å². The van der Waals surface area contributed by atoms with Gasteiger partial charge in [-0.1, -0.05) is 60.1 Å². The van der Waals surface area contributed by atoms with Crippen molar-refractivity contribution >= 4 is 40.9 Å². The van der Waals surface area contributed by atoms with Crippen LogP contribution in [0.5, 0.6) is 0 Å². The second-order valence-electron chi connectivity index (χ2n) is 8.19. The molecular weight excluding hydrogens is 468 g/mol. The van der Waals surface area contributed by atoms with Crippen molar-refractivity contribution in [1.29, 1.82) is 0 Å². The Hall–Kier alpha value is -3.97. The number of nitrogens with zero attached hydrogens (tertiary/aromatic N) is 1. The molecule has 1 N–H and O–H groups in total. The van der Waals surface area contributed by atoms with Gasteiger partial charge in [-0.05, 0) is 42.3 Å². The summed E-state index contributed by atoms with van der Waals surface area (Å²) in [6.45, 7) is 1.11. The van der Waals surface area contributed by atoms with Crippen molar-refractivity contribution in [3.8, 4) is 0 Å². The number of amides is 2. The van der Waals surface area contributed by atoms with Crippen LogP contribution in [0.2, 0.25) is 5.02 Å². The molecule has 1 atom stereocenters. The second kappa shape index (κ2) is 10.5. The van der Waals surface area contributed by atoms with Gasteiger partial charge in [0.25, 0.3) is 11.8 Å². The fraction of sp³-hybridized carbons (Fsp3) is 0.185. The molecule has 3 aromatic rings. The number of ketones is 1. The number of Topliss-reactive ketones (excluding diaryl/α,β-unsaturated/α-hetero) is 1. The lowest BCUT2D eigenvalue weighted by molar-refractivity contribution is -0.152. The molecule has 0 bridgehead atoms. The van der Waals surface area contributed by atoms with Crippen LogP contribution < -0.4 is 5.32 Å². The average molecular weight is 491 g/mol. The monoisotopic (exact) mass is 490 g/mol. The highest BCUT2D eigenvalue weighted by molar-refractivity contribution is 6.33. The lowest BCUT2D eigenvalue weighted by Gasteiger charge is -2.35. The first-order valence-corrected chi connectivity index (χ1v) is 11.4. The highest BCUT2D eigenvalue weighted by Gasteiger charge is 2.36. The van der Waals surface area contributed by atoms with Crippen LogP contribution in [0.25, 0.3) is 0 Å². The molecule has 1 aliphatic rings. The number of ether oxygens (including phenoxy) is 1. The van der Waals surface area contributed by atoms with E-state index in [-0.39, 0.29) is 29.3 Å². The Labute approximate surface area is 207 Å². The summed E-state index contributed by atoms with van der Waals surface area (Å²) in [5.74, 6) is -1.77. The van der Waals surface area contributed by atoms with Gasteiger partial charge in [-0.2, -0.15) is 0 Å². The molecule has 1 unspecified atom stereocenters. The number of fused-ring (bicyclic) bond motifs is 1. The molecule has 35 heavy (non-hydrogen) atoms. The maximum atomic E-state index is 13.3. The Balaban J connectivity index is 1.48. The van der Waals surface area contributed by atoms with E-state index in [1.54, 1.807) is 48.5 Å². The molecule has 1 aliphatic heterocycles. The number of nitrogens with one attached hydrogen (secondary N) is 1. The first kappa shape index (κ1) is 24.2. The van der Waals surface area contributed by atoms with E-state index in [2.05, 4.69) is 5.32 Å². The summed E-state index contributed by atoms with van der Waals surface area (Å²) in [6, 6.07) is 19.8. The molecule has 2 amide bonds. The van der Waals surface area contributed by atoms with Gasteiger partial charge in [0.15, 0.2) is 12.4 Å². The van der Waals surface area contributed by atoms with E-state index < -0.39 is 30.4 Å². The zero-order valence-electron chi connectivity index (χ0n) is 19.0. The fourth-order valence-electron chi connectivity index (χ4n) is 3.98. The van der Waals surface area contributed by atoms with Crippen LogP contribution in [0.15, 0.2) is 72.8 Å². The number of carbonyl (C=O) groups is 4. The Bertz CT molecular complexity index is 1310. The van der Waals surface area contributed by atoms with Crippen molar-refractivity contribution in [2.24, 2.45) is 0 Å². The third-order valence-corrected chi connectivity index (χ3v) is 6.11. The maximum Gasteiger partial charge on any atom is 0.329 e. The van der Waals surface area contributed by atoms with Crippen LogP contribution in [0.3, 0.4) is 0 Å². The summed E-state index contributed by atoms with van der Waals surface area (Å²) in [6.07, 6.45) is 0.257. The maximum absolute atomic E-state index is 13.3. The normalized spacial score (nSPS) is 14.6. The van der Waals surface area contributed by atoms with E-state index >= 15 is 0 Å². The Morgan fingerprint density at radius 1 is 0.971 bits per heavy atom. The quantitative estimate of drug-likeness (QED) is 0.411. The molecule has 0 aromatic heterocycles. The van der Waals surface area contributed by atoms with Gasteiger partial charge < -0.3 is 15.0 Å². The molecule has 0 fully saturated rings. The molecule has 0 saturated carbocycles. The first-order chi connectivity index (χ1) is 16.8. The zero-order valence-corrected chi connectivity index (χ0v) is 19.7. The molecule has 1 heterocycles. The van der Waals surface area contributed by atoms with E-state index in [9.17, 15) is 19.2 Å². The molecule has 4 rings (SSSR count). The molecule has 7 nitrogen and oxygen atoms in total. The largest absolute Gasteiger partial charge is 0.454 e. The number of anilines is 1. The van der Waals surface area contributed by atoms with Crippen LogP contribution >= 0.6 is 11.6 Å². The van der Waals surface area contributed by atoms with Gasteiger partial charge in [0.1, 0.15) is 6.04 Å². The second-order valence-corrected chi connectivity index (χ2v) is 8.60. The predicted molar refractivity (Wildman–Crippen MR) is 131 cm³/mol. The minimum absolute atomic E-state index is 0.131. The van der Waals surface area contributed by atoms with Crippen molar-refractivity contribution < 1.29 is 23.9 Å². The molecule has 0 radical (unpaired) electrons. The number of hydrogen-bond donors (Lipinski definition) is 1. The van der Waals surface area contributed by atoms with Gasteiger partial charge in [-0.3, -0.25) is 14.4 Å². The number of benzene rings is 3. The minimum atomic E-state index is -0.914. The Morgan fingerprint density at radius 3 is 2.43 bits per heavy atom. The summed E-state index contributed by atoms with van der Waals surface area (Å²) < 4.78 is 5.31. The minimum Gasteiger partial charge on any atom is -0.454 e. The van der Waals surface area contributed by atoms with E-state index in [0.717, 1.165) is 11.1 Å². The molecular formula is C27H23ClN2O5. The molecule has 178 valence electrons. The van der Waals surface area contributed by atoms with Gasteiger partial charge >= 0.3 is 5.97 Å². The van der Waals surface area contributed by atoms with Crippen molar-refractivity contribution in [2.75, 3.05) is 11.9 Å². The van der Waals surface area contributed by atoms with Gasteiger partial charge in [0.05, 0.1) is 10.6 Å². The van der Waals surface area contributed by atoms with E-state index in [0.29, 0.717) is 11.3 Å². The number of esters is 1. The van der Waals surface area contributed by atoms with Crippen LogP contribution in [0.1, 0.15) is 38.8 Å². The number of rotatable bonds is 6. The van der Waals surface area contributed by atoms with Crippen molar-refractivity contribution in [1.82, 2.24) is 4.90 Å². The lowest BCUT2D eigenvalue weighted by atomic mass is 9.93. The number of halogens is 1. The topological polar surface area (TPSA) is 92.8 Å². The highest BCUT2D eigenvalue weighted by Crippen LogP contribution is 2.27. The van der Waals surface area contributed by atoms with E-state index in [1.165, 1.54) is 11.8 Å². The zero-order chi connectivity index (χ0) is 24.9. The summed E-state index contributed by atoms with van der Waals surface area (Å²) >= 11 is 6.24. The summed E-state index contributed by atoms with van der Waals surface area (Å²) in [5.41, 5.74) is 3.02. The van der Waals surface area contributed by atoms with Gasteiger partial charge in [0, 0.05) is 24.2 Å². The smallest absolute Gasteiger partial charge is 0.329 e. The van der Waals surface area contributed by atoms with Crippen molar-refractivity contribution in [3.63, 3.8) is 0 Å². The van der Waals surface area contributed by atoms with Crippen LogP contribution in [0.4, 0.5) is 5.69 Å². The predicted octanol–water partition coefficient (Wildman–Crippen LogP) is 4.29. The Morgan fingerprint density at radius 2 is 1.69 bits per heavy atom. The third kappa shape index (κ3) is 5.58. The van der Waals surface area contributed by atoms with Crippen LogP contribution in [0, 0.1) is 0 Å². The molecule has 0 saturated heterocycles. The van der Waals surface area contributed by atoms with Crippen molar-refractivity contribution in [2.45, 2.75) is 25.9 Å². The number of carbonyl (C=O) groups excluding carboxylic acids is 4. The highest BCUT2D eigenvalue weighted by atomic mass is 35.5. The summed E-state index contributed by atoms with van der Waals surface area (Å²) in [7, 11) is 0. The fourth-order valence-corrected chi connectivity index (χ4v) is 4.20. The van der Waals surface area contributed by atoms with Crippen LogP contribution in [-0.2, 0) is 27.3 Å². The number of hydrogen-bond acceptors (Lipinski definition) is 5. The first-order valence-electron chi connectivity index (χ1n) is 11.0. The average Bonchev–Trinajstić information content (AvgIpc) is 2.86. The van der Waals surface area contributed by atoms with Gasteiger partial charge in [-0.25, -0.2) is 4.79 Å². The van der Waals surface area contributed by atoms with Gasteiger partial charge in [0.2, 0.25) is 0 Å².